The molecule has 0 amide bonds. The summed E-state index contributed by atoms with van der Waals surface area (Å²) < 4.78 is 4.68. The first-order valence-electron chi connectivity index (χ1n) is 7.99. The fourth-order valence-electron chi connectivity index (χ4n) is 2.41. The SMILES string of the molecule is CCCCCc1ccc(OC(=O)O)c(O)c1CC[Si](C)(C)C. The Morgan fingerprint density at radius 1 is 1.18 bits per heavy atom. The zero-order valence-corrected chi connectivity index (χ0v) is 15.1. The number of aryl methyl sites for hydroxylation is 1. The Morgan fingerprint density at radius 2 is 1.86 bits per heavy atom. The quantitative estimate of drug-likeness (QED) is 0.303. The number of carbonyl (C=O) groups is 1. The zero-order valence-electron chi connectivity index (χ0n) is 14.1. The third-order valence-corrected chi connectivity index (χ3v) is 5.46. The second-order valence-electron chi connectivity index (χ2n) is 6.94. The van der Waals surface area contributed by atoms with E-state index in [4.69, 9.17) is 5.11 Å². The molecule has 124 valence electrons. The molecule has 0 bridgehead atoms. The molecular formula is C17H28O4Si. The summed E-state index contributed by atoms with van der Waals surface area (Å²) in [7, 11) is -1.24. The van der Waals surface area contributed by atoms with E-state index in [1.807, 2.05) is 6.07 Å². The van der Waals surface area contributed by atoms with Crippen LogP contribution in [-0.4, -0.2) is 24.4 Å². The van der Waals surface area contributed by atoms with Crippen molar-refractivity contribution < 1.29 is 19.7 Å². The van der Waals surface area contributed by atoms with Crippen molar-refractivity contribution in [2.45, 2.75) is 64.7 Å². The highest BCUT2D eigenvalue weighted by Gasteiger charge is 2.19. The van der Waals surface area contributed by atoms with E-state index in [0.29, 0.717) is 0 Å². The number of benzene rings is 1. The van der Waals surface area contributed by atoms with E-state index in [-0.39, 0.29) is 11.5 Å². The first-order chi connectivity index (χ1) is 10.2. The summed E-state index contributed by atoms with van der Waals surface area (Å²) >= 11 is 0. The van der Waals surface area contributed by atoms with E-state index >= 15 is 0 Å². The number of unbranched alkanes of at least 4 members (excludes halogenated alkanes) is 2. The predicted octanol–water partition coefficient (Wildman–Crippen LogP) is 5.06. The van der Waals surface area contributed by atoms with Gasteiger partial charge in [-0.1, -0.05) is 51.5 Å². The minimum absolute atomic E-state index is 0.00496. The van der Waals surface area contributed by atoms with Gasteiger partial charge < -0.3 is 14.9 Å². The van der Waals surface area contributed by atoms with E-state index in [9.17, 15) is 9.90 Å². The molecule has 4 nitrogen and oxygen atoms in total. The maximum Gasteiger partial charge on any atom is 0.511 e. The van der Waals surface area contributed by atoms with Gasteiger partial charge in [-0.2, -0.15) is 0 Å². The number of carboxylic acid groups (broad SMARTS) is 1. The van der Waals surface area contributed by atoms with Crippen LogP contribution in [0.1, 0.15) is 37.3 Å². The Bertz CT molecular complexity index is 506. The first-order valence-corrected chi connectivity index (χ1v) is 11.7. The van der Waals surface area contributed by atoms with Crippen LogP contribution in [-0.2, 0) is 12.8 Å². The number of hydrogen-bond donors (Lipinski definition) is 2. The van der Waals surface area contributed by atoms with Gasteiger partial charge in [0.15, 0.2) is 11.5 Å². The molecule has 1 aromatic carbocycles. The molecule has 0 atom stereocenters. The fourth-order valence-corrected chi connectivity index (χ4v) is 3.41. The zero-order chi connectivity index (χ0) is 16.8. The number of rotatable bonds is 8. The van der Waals surface area contributed by atoms with Crippen LogP contribution < -0.4 is 4.74 Å². The number of phenols is 1. The summed E-state index contributed by atoms with van der Waals surface area (Å²) in [5.41, 5.74) is 1.97. The molecule has 0 aliphatic heterocycles. The van der Waals surface area contributed by atoms with Crippen LogP contribution in [0.15, 0.2) is 12.1 Å². The third-order valence-electron chi connectivity index (χ3n) is 3.71. The van der Waals surface area contributed by atoms with E-state index in [2.05, 4.69) is 31.3 Å². The lowest BCUT2D eigenvalue weighted by atomic mass is 9.98. The summed E-state index contributed by atoms with van der Waals surface area (Å²) in [6, 6.07) is 4.51. The molecule has 22 heavy (non-hydrogen) atoms. The molecule has 0 spiro atoms. The van der Waals surface area contributed by atoms with Gasteiger partial charge in [0.2, 0.25) is 0 Å². The molecule has 2 N–H and O–H groups in total. The molecule has 0 saturated carbocycles. The van der Waals surface area contributed by atoms with Crippen molar-refractivity contribution >= 4 is 14.2 Å². The van der Waals surface area contributed by atoms with Crippen molar-refractivity contribution in [2.24, 2.45) is 0 Å². The number of ether oxygens (including phenoxy) is 1. The van der Waals surface area contributed by atoms with Crippen molar-refractivity contribution in [1.29, 1.82) is 0 Å². The fraction of sp³-hybridized carbons (Fsp3) is 0.588. The average molecular weight is 324 g/mol. The summed E-state index contributed by atoms with van der Waals surface area (Å²) in [5, 5.41) is 19.2. The molecule has 0 aliphatic rings. The van der Waals surface area contributed by atoms with Gasteiger partial charge in [-0.25, -0.2) is 4.79 Å². The average Bonchev–Trinajstić information content (AvgIpc) is 2.39. The molecule has 0 saturated heterocycles. The number of phenolic OH excluding ortho intramolecular Hbond substituents is 1. The van der Waals surface area contributed by atoms with Crippen molar-refractivity contribution in [2.75, 3.05) is 0 Å². The second-order valence-corrected chi connectivity index (χ2v) is 12.6. The Balaban J connectivity index is 3.03. The van der Waals surface area contributed by atoms with Gasteiger partial charge in [0.25, 0.3) is 0 Å². The lowest BCUT2D eigenvalue weighted by molar-refractivity contribution is 0.143. The van der Waals surface area contributed by atoms with Gasteiger partial charge in [0, 0.05) is 13.6 Å². The summed E-state index contributed by atoms with van der Waals surface area (Å²) in [6.45, 7) is 9.03. The van der Waals surface area contributed by atoms with E-state index < -0.39 is 14.2 Å². The van der Waals surface area contributed by atoms with Crippen LogP contribution in [0.3, 0.4) is 0 Å². The van der Waals surface area contributed by atoms with Gasteiger partial charge in [-0.05, 0) is 30.9 Å². The van der Waals surface area contributed by atoms with Crippen LogP contribution in [0, 0.1) is 0 Å². The predicted molar refractivity (Wildman–Crippen MR) is 91.8 cm³/mol. The van der Waals surface area contributed by atoms with Crippen molar-refractivity contribution in [3.63, 3.8) is 0 Å². The highest BCUT2D eigenvalue weighted by molar-refractivity contribution is 6.76. The van der Waals surface area contributed by atoms with Crippen LogP contribution in [0.5, 0.6) is 11.5 Å². The highest BCUT2D eigenvalue weighted by Crippen LogP contribution is 2.35. The first kappa shape index (κ1) is 18.6. The lowest BCUT2D eigenvalue weighted by Crippen LogP contribution is -2.20. The van der Waals surface area contributed by atoms with E-state index in [1.54, 1.807) is 6.07 Å². The van der Waals surface area contributed by atoms with E-state index in [1.165, 1.54) is 0 Å². The molecule has 0 unspecified atom stereocenters. The van der Waals surface area contributed by atoms with Crippen molar-refractivity contribution in [3.05, 3.63) is 23.3 Å². The standard InChI is InChI=1S/C17H28O4Si/c1-5-6-7-8-13-9-10-15(21-17(19)20)16(18)14(13)11-12-22(2,3)4/h9-10,18H,5-8,11-12H2,1-4H3,(H,19,20). The maximum atomic E-state index is 10.7. The molecule has 1 rings (SSSR count). The topological polar surface area (TPSA) is 66.8 Å². The van der Waals surface area contributed by atoms with Crippen molar-refractivity contribution in [3.8, 4) is 11.5 Å². The minimum Gasteiger partial charge on any atom is -0.504 e. The Hall–Kier alpha value is -1.49. The van der Waals surface area contributed by atoms with Gasteiger partial charge in [0.05, 0.1) is 0 Å². The molecule has 0 heterocycles. The van der Waals surface area contributed by atoms with Crippen LogP contribution in [0.4, 0.5) is 4.79 Å². The Morgan fingerprint density at radius 3 is 2.41 bits per heavy atom. The molecule has 0 aromatic heterocycles. The van der Waals surface area contributed by atoms with Gasteiger partial charge in [0.1, 0.15) is 0 Å². The van der Waals surface area contributed by atoms with Gasteiger partial charge in [-0.15, -0.1) is 0 Å². The molecule has 0 fully saturated rings. The summed E-state index contributed by atoms with van der Waals surface area (Å²) in [4.78, 5) is 10.7. The summed E-state index contributed by atoms with van der Waals surface area (Å²) in [5.74, 6) is 0.0342. The molecule has 5 heteroatoms. The Kier molecular flexibility index (Phi) is 6.93. The number of aromatic hydroxyl groups is 1. The lowest BCUT2D eigenvalue weighted by Gasteiger charge is -2.19. The maximum absolute atomic E-state index is 10.7. The molecule has 0 aliphatic carbocycles. The van der Waals surface area contributed by atoms with Crippen LogP contribution in [0.25, 0.3) is 0 Å². The van der Waals surface area contributed by atoms with E-state index in [0.717, 1.165) is 49.3 Å². The highest BCUT2D eigenvalue weighted by atomic mass is 28.3. The molecular weight excluding hydrogens is 296 g/mol. The molecule has 1 aromatic rings. The van der Waals surface area contributed by atoms with Gasteiger partial charge in [-0.3, -0.25) is 0 Å². The van der Waals surface area contributed by atoms with Crippen molar-refractivity contribution in [1.82, 2.24) is 0 Å². The summed E-state index contributed by atoms with van der Waals surface area (Å²) in [6.07, 6.45) is 3.67. The smallest absolute Gasteiger partial charge is 0.504 e. The number of hydrogen-bond acceptors (Lipinski definition) is 3. The van der Waals surface area contributed by atoms with Gasteiger partial charge >= 0.3 is 6.16 Å². The second kappa shape index (κ2) is 8.22. The minimum atomic E-state index is -1.40. The Labute approximate surface area is 134 Å². The molecule has 0 radical (unpaired) electrons. The largest absolute Gasteiger partial charge is 0.511 e. The third kappa shape index (κ3) is 6.09. The normalized spacial score (nSPS) is 11.5. The monoisotopic (exact) mass is 324 g/mol. The van der Waals surface area contributed by atoms with Crippen LogP contribution in [0.2, 0.25) is 25.7 Å². The van der Waals surface area contributed by atoms with Crippen LogP contribution >= 0.6 is 0 Å².